The maximum absolute atomic E-state index is 11.7. The van der Waals surface area contributed by atoms with Crippen LogP contribution in [-0.2, 0) is 19.1 Å². The molecule has 0 aromatic carbocycles. The maximum atomic E-state index is 11.7. The molecule has 4 heteroatoms. The summed E-state index contributed by atoms with van der Waals surface area (Å²) in [7, 11) is 1.64. The minimum absolute atomic E-state index is 0.0242. The minimum Gasteiger partial charge on any atom is -0.466 e. The molecule has 1 aliphatic carbocycles. The number of esters is 1. The average molecular weight is 238 g/mol. The molecule has 94 valence electrons. The van der Waals surface area contributed by atoms with Crippen LogP contribution in [0.5, 0.6) is 0 Å². The first kappa shape index (κ1) is 13.6. The molecule has 1 aliphatic rings. The average Bonchev–Trinajstić information content (AvgIpc) is 2.36. The number of carbonyl (C=O) groups is 2. The van der Waals surface area contributed by atoms with Gasteiger partial charge < -0.3 is 9.47 Å². The molecule has 0 aromatic heterocycles. The lowest BCUT2D eigenvalue weighted by Gasteiger charge is -2.13. The number of allylic oxidation sites excluding steroid dienone is 2. The maximum Gasteiger partial charge on any atom is 0.306 e. The largest absolute Gasteiger partial charge is 0.466 e. The highest BCUT2D eigenvalue weighted by Gasteiger charge is 2.14. The molecular weight excluding hydrogens is 220 g/mol. The van der Waals surface area contributed by atoms with E-state index < -0.39 is 0 Å². The van der Waals surface area contributed by atoms with Gasteiger partial charge in [-0.1, -0.05) is 18.2 Å². The summed E-state index contributed by atoms with van der Waals surface area (Å²) in [5, 5.41) is 0. The summed E-state index contributed by atoms with van der Waals surface area (Å²) in [6.07, 6.45) is 6.56. The third kappa shape index (κ3) is 4.53. The summed E-state index contributed by atoms with van der Waals surface area (Å²) in [6, 6.07) is 0. The van der Waals surface area contributed by atoms with Crippen molar-refractivity contribution in [3.05, 3.63) is 23.8 Å². The highest BCUT2D eigenvalue weighted by atomic mass is 16.5. The molecule has 0 bridgehead atoms. The lowest BCUT2D eigenvalue weighted by Crippen LogP contribution is -2.13. The van der Waals surface area contributed by atoms with Crippen LogP contribution in [0.3, 0.4) is 0 Å². The van der Waals surface area contributed by atoms with Crippen LogP contribution in [0, 0.1) is 0 Å². The fourth-order valence-electron chi connectivity index (χ4n) is 1.58. The first-order valence-corrected chi connectivity index (χ1v) is 5.77. The third-order valence-corrected chi connectivity index (χ3v) is 2.55. The normalized spacial score (nSPS) is 18.7. The van der Waals surface area contributed by atoms with Crippen molar-refractivity contribution in [2.24, 2.45) is 0 Å². The van der Waals surface area contributed by atoms with Crippen LogP contribution in [0.1, 0.15) is 26.2 Å². The molecule has 0 saturated carbocycles. The molecule has 0 N–H and O–H groups in total. The number of ketones is 1. The van der Waals surface area contributed by atoms with E-state index in [1.165, 1.54) is 0 Å². The van der Waals surface area contributed by atoms with Gasteiger partial charge in [0.1, 0.15) is 0 Å². The number of Topliss-reactive ketones (excluding diaryl/α,β-unsaturated/α-hetero) is 1. The van der Waals surface area contributed by atoms with Crippen molar-refractivity contribution < 1.29 is 19.1 Å². The zero-order valence-electron chi connectivity index (χ0n) is 10.3. The van der Waals surface area contributed by atoms with E-state index in [1.54, 1.807) is 20.1 Å². The molecule has 0 radical (unpaired) electrons. The Labute approximate surface area is 101 Å². The molecule has 17 heavy (non-hydrogen) atoms. The van der Waals surface area contributed by atoms with Crippen LogP contribution >= 0.6 is 0 Å². The van der Waals surface area contributed by atoms with Gasteiger partial charge in [-0.3, -0.25) is 9.59 Å². The van der Waals surface area contributed by atoms with Gasteiger partial charge in [-0.05, 0) is 13.3 Å². The summed E-state index contributed by atoms with van der Waals surface area (Å²) in [4.78, 5) is 22.8. The second-order valence-corrected chi connectivity index (χ2v) is 3.76. The van der Waals surface area contributed by atoms with Crippen LogP contribution in [0.4, 0.5) is 0 Å². The lowest BCUT2D eigenvalue weighted by atomic mass is 9.99. The Morgan fingerprint density at radius 3 is 2.71 bits per heavy atom. The highest BCUT2D eigenvalue weighted by molar-refractivity contribution is 5.99. The molecular formula is C13H18O4. The molecule has 4 nitrogen and oxygen atoms in total. The van der Waals surface area contributed by atoms with Crippen LogP contribution in [0.2, 0.25) is 0 Å². The molecule has 0 saturated heterocycles. The Balaban J connectivity index is 2.37. The van der Waals surface area contributed by atoms with Gasteiger partial charge >= 0.3 is 5.97 Å². The van der Waals surface area contributed by atoms with Gasteiger partial charge in [-0.2, -0.15) is 0 Å². The number of ether oxygens (including phenoxy) is 2. The minimum atomic E-state index is -0.323. The second-order valence-electron chi connectivity index (χ2n) is 3.76. The number of hydrogen-bond acceptors (Lipinski definition) is 4. The Morgan fingerprint density at radius 2 is 2.18 bits per heavy atom. The molecule has 0 fully saturated rings. The summed E-state index contributed by atoms with van der Waals surface area (Å²) in [5.41, 5.74) is 0.655. The Hall–Kier alpha value is -1.42. The van der Waals surface area contributed by atoms with E-state index in [2.05, 4.69) is 0 Å². The van der Waals surface area contributed by atoms with Gasteiger partial charge in [0, 0.05) is 19.1 Å². The van der Waals surface area contributed by atoms with E-state index in [9.17, 15) is 9.59 Å². The summed E-state index contributed by atoms with van der Waals surface area (Å²) in [6.45, 7) is 2.10. The molecule has 1 atom stereocenters. The van der Waals surface area contributed by atoms with E-state index in [-0.39, 0.29) is 30.7 Å². The van der Waals surface area contributed by atoms with E-state index in [0.717, 1.165) is 0 Å². The SMILES string of the molecule is CCOC(=O)CCC(=O)C1=CCC(OC)C=C1. The first-order chi connectivity index (χ1) is 8.17. The molecule has 1 rings (SSSR count). The number of rotatable bonds is 6. The van der Waals surface area contributed by atoms with Gasteiger partial charge in [-0.15, -0.1) is 0 Å². The smallest absolute Gasteiger partial charge is 0.306 e. The quantitative estimate of drug-likeness (QED) is 0.662. The lowest BCUT2D eigenvalue weighted by molar-refractivity contribution is -0.144. The van der Waals surface area contributed by atoms with E-state index in [0.29, 0.717) is 18.6 Å². The predicted octanol–water partition coefficient (Wildman–Crippen LogP) is 1.80. The van der Waals surface area contributed by atoms with Crippen molar-refractivity contribution >= 4 is 11.8 Å². The molecule has 0 heterocycles. The van der Waals surface area contributed by atoms with Gasteiger partial charge in [0.05, 0.1) is 19.1 Å². The van der Waals surface area contributed by atoms with Crippen molar-refractivity contribution in [1.29, 1.82) is 0 Å². The second kappa shape index (κ2) is 7.01. The van der Waals surface area contributed by atoms with Gasteiger partial charge in [0.2, 0.25) is 0 Å². The first-order valence-electron chi connectivity index (χ1n) is 5.77. The standard InChI is InChI=1S/C13H18O4/c1-3-17-13(15)9-8-12(14)10-4-6-11(16-2)7-5-10/h4-6,11H,3,7-9H2,1-2H3. The fourth-order valence-corrected chi connectivity index (χ4v) is 1.58. The fraction of sp³-hybridized carbons (Fsp3) is 0.538. The monoisotopic (exact) mass is 238 g/mol. The van der Waals surface area contributed by atoms with Gasteiger partial charge in [-0.25, -0.2) is 0 Å². The molecule has 0 aliphatic heterocycles. The van der Waals surface area contributed by atoms with Crippen LogP contribution in [0.15, 0.2) is 23.8 Å². The van der Waals surface area contributed by atoms with Gasteiger partial charge in [0.25, 0.3) is 0 Å². The molecule has 0 aromatic rings. The number of hydrogen-bond donors (Lipinski definition) is 0. The Bertz CT molecular complexity index is 341. The number of carbonyl (C=O) groups excluding carboxylic acids is 2. The Morgan fingerprint density at radius 1 is 1.41 bits per heavy atom. The van der Waals surface area contributed by atoms with Crippen molar-refractivity contribution in [3.63, 3.8) is 0 Å². The summed E-state index contributed by atoms with van der Waals surface area (Å²) >= 11 is 0. The summed E-state index contributed by atoms with van der Waals surface area (Å²) < 4.78 is 9.90. The molecule has 0 spiro atoms. The van der Waals surface area contributed by atoms with E-state index in [4.69, 9.17) is 9.47 Å². The zero-order valence-corrected chi connectivity index (χ0v) is 10.3. The topological polar surface area (TPSA) is 52.6 Å². The molecule has 1 unspecified atom stereocenters. The van der Waals surface area contributed by atoms with Crippen LogP contribution < -0.4 is 0 Å². The highest BCUT2D eigenvalue weighted by Crippen LogP contribution is 2.15. The predicted molar refractivity (Wildman–Crippen MR) is 63.5 cm³/mol. The third-order valence-electron chi connectivity index (χ3n) is 2.55. The van der Waals surface area contributed by atoms with Crippen LogP contribution in [-0.4, -0.2) is 31.6 Å². The van der Waals surface area contributed by atoms with E-state index >= 15 is 0 Å². The van der Waals surface area contributed by atoms with Crippen molar-refractivity contribution in [3.8, 4) is 0 Å². The van der Waals surface area contributed by atoms with Crippen molar-refractivity contribution in [1.82, 2.24) is 0 Å². The number of methoxy groups -OCH3 is 1. The molecule has 0 amide bonds. The van der Waals surface area contributed by atoms with Crippen molar-refractivity contribution in [2.45, 2.75) is 32.3 Å². The van der Waals surface area contributed by atoms with Gasteiger partial charge in [0.15, 0.2) is 5.78 Å². The van der Waals surface area contributed by atoms with Crippen LogP contribution in [0.25, 0.3) is 0 Å². The zero-order chi connectivity index (χ0) is 12.7. The van der Waals surface area contributed by atoms with Crippen molar-refractivity contribution in [2.75, 3.05) is 13.7 Å². The summed E-state index contributed by atoms with van der Waals surface area (Å²) in [5.74, 6) is -0.347. The van der Waals surface area contributed by atoms with E-state index in [1.807, 2.05) is 12.2 Å². The Kier molecular flexibility index (Phi) is 5.63.